The van der Waals surface area contributed by atoms with Crippen LogP contribution in [0.15, 0.2) is 30.3 Å². The minimum absolute atomic E-state index is 0.697. The molecule has 1 aromatic rings. The van der Waals surface area contributed by atoms with Crippen molar-refractivity contribution >= 4 is 0 Å². The lowest BCUT2D eigenvalue weighted by atomic mass is 10.1. The number of hydrogen-bond donors (Lipinski definition) is 1. The average molecular weight is 260 g/mol. The van der Waals surface area contributed by atoms with E-state index >= 15 is 0 Å². The first-order valence-corrected chi connectivity index (χ1v) is 7.77. The topological polar surface area (TPSA) is 15.3 Å². The predicted molar refractivity (Wildman–Crippen MR) is 82.5 cm³/mol. The van der Waals surface area contributed by atoms with Gasteiger partial charge in [-0.1, -0.05) is 30.3 Å². The Hall–Kier alpha value is -0.860. The Labute approximate surface area is 118 Å². The highest BCUT2D eigenvalue weighted by molar-refractivity contribution is 5.14. The molecule has 1 aliphatic heterocycles. The zero-order valence-corrected chi connectivity index (χ0v) is 12.4. The SMILES string of the molecule is CC(C)N1CCCC(NCCc2ccccc2)CC1. The molecule has 1 N–H and O–H groups in total. The Morgan fingerprint density at radius 3 is 2.68 bits per heavy atom. The molecule has 1 heterocycles. The summed E-state index contributed by atoms with van der Waals surface area (Å²) in [5, 5.41) is 3.74. The fourth-order valence-electron chi connectivity index (χ4n) is 2.90. The number of benzene rings is 1. The first kappa shape index (κ1) is 14.5. The minimum Gasteiger partial charge on any atom is -0.314 e. The molecule has 1 unspecified atom stereocenters. The van der Waals surface area contributed by atoms with Gasteiger partial charge in [0.25, 0.3) is 0 Å². The summed E-state index contributed by atoms with van der Waals surface area (Å²) in [5.41, 5.74) is 1.44. The van der Waals surface area contributed by atoms with E-state index in [1.165, 1.54) is 37.9 Å². The molecule has 0 spiro atoms. The van der Waals surface area contributed by atoms with Crippen LogP contribution in [0.3, 0.4) is 0 Å². The first-order valence-electron chi connectivity index (χ1n) is 7.77. The van der Waals surface area contributed by atoms with Gasteiger partial charge >= 0.3 is 0 Å². The van der Waals surface area contributed by atoms with E-state index in [0.29, 0.717) is 12.1 Å². The van der Waals surface area contributed by atoms with Gasteiger partial charge in [0.05, 0.1) is 0 Å². The summed E-state index contributed by atoms with van der Waals surface area (Å²) >= 11 is 0. The standard InChI is InChI=1S/C17H28N2/c1-15(2)19-13-6-9-17(11-14-19)18-12-10-16-7-4-3-5-8-16/h3-5,7-8,15,17-18H,6,9-14H2,1-2H3. The van der Waals surface area contributed by atoms with E-state index in [4.69, 9.17) is 0 Å². The second-order valence-corrected chi connectivity index (χ2v) is 5.95. The first-order chi connectivity index (χ1) is 9.25. The molecule has 1 aliphatic rings. The number of nitrogens with zero attached hydrogens (tertiary/aromatic N) is 1. The Morgan fingerprint density at radius 1 is 1.16 bits per heavy atom. The van der Waals surface area contributed by atoms with Crippen LogP contribution in [0.5, 0.6) is 0 Å². The van der Waals surface area contributed by atoms with Gasteiger partial charge < -0.3 is 10.2 Å². The van der Waals surface area contributed by atoms with Crippen molar-refractivity contribution in [2.24, 2.45) is 0 Å². The molecule has 106 valence electrons. The molecule has 1 fully saturated rings. The summed E-state index contributed by atoms with van der Waals surface area (Å²) in [4.78, 5) is 2.61. The predicted octanol–water partition coefficient (Wildman–Crippen LogP) is 3.08. The normalized spacial score (nSPS) is 21.5. The lowest BCUT2D eigenvalue weighted by molar-refractivity contribution is 0.229. The quantitative estimate of drug-likeness (QED) is 0.875. The third-order valence-corrected chi connectivity index (χ3v) is 4.18. The molecule has 0 radical (unpaired) electrons. The zero-order valence-electron chi connectivity index (χ0n) is 12.4. The van der Waals surface area contributed by atoms with Gasteiger partial charge in [0.1, 0.15) is 0 Å². The lowest BCUT2D eigenvalue weighted by Gasteiger charge is -2.24. The van der Waals surface area contributed by atoms with Crippen LogP contribution in [0.1, 0.15) is 38.7 Å². The summed E-state index contributed by atoms with van der Waals surface area (Å²) in [6.45, 7) is 8.25. The van der Waals surface area contributed by atoms with E-state index < -0.39 is 0 Å². The number of likely N-dealkylation sites (tertiary alicyclic amines) is 1. The molecule has 0 bridgehead atoms. The van der Waals surface area contributed by atoms with Crippen LogP contribution in [0.4, 0.5) is 0 Å². The van der Waals surface area contributed by atoms with Crippen LogP contribution in [0.25, 0.3) is 0 Å². The van der Waals surface area contributed by atoms with Gasteiger partial charge in [-0.05, 0) is 64.7 Å². The van der Waals surface area contributed by atoms with E-state index in [1.807, 2.05) is 0 Å². The van der Waals surface area contributed by atoms with E-state index in [9.17, 15) is 0 Å². The maximum absolute atomic E-state index is 3.74. The van der Waals surface area contributed by atoms with Gasteiger partial charge in [-0.15, -0.1) is 0 Å². The van der Waals surface area contributed by atoms with Crippen molar-refractivity contribution < 1.29 is 0 Å². The Morgan fingerprint density at radius 2 is 1.95 bits per heavy atom. The van der Waals surface area contributed by atoms with Crippen LogP contribution in [0, 0.1) is 0 Å². The monoisotopic (exact) mass is 260 g/mol. The fourth-order valence-corrected chi connectivity index (χ4v) is 2.90. The highest BCUT2D eigenvalue weighted by atomic mass is 15.1. The second kappa shape index (κ2) is 7.66. The van der Waals surface area contributed by atoms with Crippen molar-refractivity contribution in [3.63, 3.8) is 0 Å². The second-order valence-electron chi connectivity index (χ2n) is 5.95. The van der Waals surface area contributed by atoms with Crippen molar-refractivity contribution in [2.75, 3.05) is 19.6 Å². The molecule has 19 heavy (non-hydrogen) atoms. The summed E-state index contributed by atoms with van der Waals surface area (Å²) in [6.07, 6.45) is 5.11. The maximum atomic E-state index is 3.74. The van der Waals surface area contributed by atoms with Crippen LogP contribution in [-0.2, 0) is 6.42 Å². The summed E-state index contributed by atoms with van der Waals surface area (Å²) in [7, 11) is 0. The van der Waals surface area contributed by atoms with Crippen molar-refractivity contribution in [3.8, 4) is 0 Å². The number of nitrogens with one attached hydrogen (secondary N) is 1. The zero-order chi connectivity index (χ0) is 13.5. The molecule has 2 rings (SSSR count). The number of rotatable bonds is 5. The third-order valence-electron chi connectivity index (χ3n) is 4.18. The molecular formula is C17H28N2. The molecule has 0 aromatic heterocycles. The Balaban J connectivity index is 1.69. The van der Waals surface area contributed by atoms with Crippen molar-refractivity contribution in [2.45, 2.75) is 51.6 Å². The highest BCUT2D eigenvalue weighted by Crippen LogP contribution is 2.13. The fraction of sp³-hybridized carbons (Fsp3) is 0.647. The van der Waals surface area contributed by atoms with Crippen molar-refractivity contribution in [1.29, 1.82) is 0 Å². The average Bonchev–Trinajstić information content (AvgIpc) is 2.66. The van der Waals surface area contributed by atoms with E-state index in [1.54, 1.807) is 0 Å². The Kier molecular flexibility index (Phi) is 5.87. The third kappa shape index (κ3) is 4.96. The minimum atomic E-state index is 0.697. The van der Waals surface area contributed by atoms with Crippen molar-refractivity contribution in [3.05, 3.63) is 35.9 Å². The van der Waals surface area contributed by atoms with Crippen LogP contribution in [-0.4, -0.2) is 36.6 Å². The molecule has 1 atom stereocenters. The molecule has 0 aliphatic carbocycles. The van der Waals surface area contributed by atoms with E-state index in [0.717, 1.165) is 13.0 Å². The van der Waals surface area contributed by atoms with Gasteiger partial charge in [0.2, 0.25) is 0 Å². The van der Waals surface area contributed by atoms with Crippen LogP contribution < -0.4 is 5.32 Å². The van der Waals surface area contributed by atoms with Gasteiger partial charge in [0.15, 0.2) is 0 Å². The summed E-state index contributed by atoms with van der Waals surface area (Å²) < 4.78 is 0. The molecular weight excluding hydrogens is 232 g/mol. The van der Waals surface area contributed by atoms with Crippen LogP contribution >= 0.6 is 0 Å². The van der Waals surface area contributed by atoms with E-state index in [2.05, 4.69) is 54.4 Å². The van der Waals surface area contributed by atoms with Crippen LogP contribution in [0.2, 0.25) is 0 Å². The maximum Gasteiger partial charge on any atom is 0.00798 e. The Bertz CT molecular complexity index is 348. The molecule has 0 saturated carbocycles. The molecule has 2 heteroatoms. The molecule has 1 aromatic carbocycles. The largest absolute Gasteiger partial charge is 0.314 e. The van der Waals surface area contributed by atoms with Crippen molar-refractivity contribution in [1.82, 2.24) is 10.2 Å². The lowest BCUT2D eigenvalue weighted by Crippen LogP contribution is -2.34. The van der Waals surface area contributed by atoms with Gasteiger partial charge in [0, 0.05) is 12.1 Å². The number of hydrogen-bond acceptors (Lipinski definition) is 2. The van der Waals surface area contributed by atoms with Gasteiger partial charge in [-0.3, -0.25) is 0 Å². The highest BCUT2D eigenvalue weighted by Gasteiger charge is 2.17. The molecule has 2 nitrogen and oxygen atoms in total. The molecule has 0 amide bonds. The van der Waals surface area contributed by atoms with E-state index in [-0.39, 0.29) is 0 Å². The smallest absolute Gasteiger partial charge is 0.00798 e. The van der Waals surface area contributed by atoms with Gasteiger partial charge in [-0.25, -0.2) is 0 Å². The molecule has 1 saturated heterocycles. The summed E-state index contributed by atoms with van der Waals surface area (Å²) in [6, 6.07) is 12.2. The van der Waals surface area contributed by atoms with Gasteiger partial charge in [-0.2, -0.15) is 0 Å². The summed E-state index contributed by atoms with van der Waals surface area (Å²) in [5.74, 6) is 0.